The summed E-state index contributed by atoms with van der Waals surface area (Å²) < 4.78 is 2.20. The van der Waals surface area contributed by atoms with Gasteiger partial charge in [-0.05, 0) is 32.0 Å². The van der Waals surface area contributed by atoms with Crippen molar-refractivity contribution in [3.8, 4) is 0 Å². The van der Waals surface area contributed by atoms with Crippen LogP contribution in [0.4, 0.5) is 0 Å². The Labute approximate surface area is 134 Å². The molecule has 0 unspecified atom stereocenters. The lowest BCUT2D eigenvalue weighted by Gasteiger charge is -2.08. The first-order valence-corrected chi connectivity index (χ1v) is 7.50. The van der Waals surface area contributed by atoms with Crippen LogP contribution < -0.4 is 5.43 Å². The number of para-hydroxylation sites is 1. The van der Waals surface area contributed by atoms with Crippen molar-refractivity contribution in [3.63, 3.8) is 0 Å². The van der Waals surface area contributed by atoms with Crippen molar-refractivity contribution in [1.29, 1.82) is 0 Å². The number of rotatable bonds is 4. The second kappa shape index (κ2) is 6.44. The van der Waals surface area contributed by atoms with Gasteiger partial charge >= 0.3 is 0 Å². The van der Waals surface area contributed by atoms with E-state index in [0.29, 0.717) is 11.6 Å². The topological polar surface area (TPSA) is 59.3 Å². The number of hydrogen-bond acceptors (Lipinski definition) is 3. The fourth-order valence-corrected chi connectivity index (χ4v) is 2.49. The first-order valence-electron chi connectivity index (χ1n) is 7.50. The number of pyridine rings is 1. The maximum atomic E-state index is 12.0. The lowest BCUT2D eigenvalue weighted by Crippen LogP contribution is -2.17. The third kappa shape index (κ3) is 3.13. The minimum absolute atomic E-state index is 0.253. The fourth-order valence-electron chi connectivity index (χ4n) is 2.49. The maximum absolute atomic E-state index is 12.0. The first kappa shape index (κ1) is 15.0. The molecule has 23 heavy (non-hydrogen) atoms. The molecule has 2 aromatic heterocycles. The number of benzene rings is 1. The zero-order valence-electron chi connectivity index (χ0n) is 13.1. The summed E-state index contributed by atoms with van der Waals surface area (Å²) in [6.45, 7) is 4.27. The number of carbonyl (C=O) groups excluding carboxylic acids is 1. The molecule has 0 saturated carbocycles. The van der Waals surface area contributed by atoms with E-state index in [1.54, 1.807) is 30.7 Å². The number of nitrogens with zero attached hydrogens (tertiary/aromatic N) is 3. The zero-order chi connectivity index (χ0) is 16.2. The zero-order valence-corrected chi connectivity index (χ0v) is 13.1. The van der Waals surface area contributed by atoms with Gasteiger partial charge in [0.1, 0.15) is 0 Å². The van der Waals surface area contributed by atoms with Crippen molar-refractivity contribution in [1.82, 2.24) is 15.0 Å². The van der Waals surface area contributed by atoms with Crippen LogP contribution in [0, 0.1) is 0 Å². The minimum atomic E-state index is -0.253. The highest BCUT2D eigenvalue weighted by molar-refractivity contribution is 6.00. The van der Waals surface area contributed by atoms with Gasteiger partial charge in [-0.25, -0.2) is 5.43 Å². The van der Waals surface area contributed by atoms with Gasteiger partial charge in [-0.15, -0.1) is 0 Å². The van der Waals surface area contributed by atoms with Crippen LogP contribution >= 0.6 is 0 Å². The Hall–Kier alpha value is -2.95. The van der Waals surface area contributed by atoms with E-state index in [2.05, 4.69) is 52.3 Å². The lowest BCUT2D eigenvalue weighted by atomic mass is 10.2. The molecular formula is C18H18N4O. The Morgan fingerprint density at radius 2 is 1.96 bits per heavy atom. The summed E-state index contributed by atoms with van der Waals surface area (Å²) in [5.74, 6) is -0.253. The van der Waals surface area contributed by atoms with Gasteiger partial charge in [0.2, 0.25) is 0 Å². The van der Waals surface area contributed by atoms with Crippen LogP contribution in [0.1, 0.15) is 35.8 Å². The third-order valence-electron chi connectivity index (χ3n) is 3.64. The summed E-state index contributed by atoms with van der Waals surface area (Å²) >= 11 is 0. The van der Waals surface area contributed by atoms with Gasteiger partial charge in [-0.3, -0.25) is 9.78 Å². The van der Waals surface area contributed by atoms with Gasteiger partial charge in [0, 0.05) is 46.7 Å². The van der Waals surface area contributed by atoms with Crippen LogP contribution in [0.25, 0.3) is 10.9 Å². The van der Waals surface area contributed by atoms with Crippen LogP contribution in [0.5, 0.6) is 0 Å². The van der Waals surface area contributed by atoms with Crippen LogP contribution in [0.15, 0.2) is 60.1 Å². The molecule has 0 fully saturated rings. The van der Waals surface area contributed by atoms with Gasteiger partial charge in [0.05, 0.1) is 6.21 Å². The molecule has 3 rings (SSSR count). The van der Waals surface area contributed by atoms with Gasteiger partial charge in [-0.1, -0.05) is 18.2 Å². The number of amides is 1. The number of nitrogens with one attached hydrogen (secondary N) is 1. The Bertz CT molecular complexity index is 850. The van der Waals surface area contributed by atoms with E-state index in [-0.39, 0.29) is 5.91 Å². The summed E-state index contributed by atoms with van der Waals surface area (Å²) in [5.41, 5.74) is 5.21. The molecule has 0 spiro atoms. The average molecular weight is 306 g/mol. The Morgan fingerprint density at radius 3 is 2.70 bits per heavy atom. The standard InChI is InChI=1S/C18H18N4O/c1-13(2)22-12-15(16-5-3-4-6-17(16)22)11-20-21-18(23)14-7-9-19-10-8-14/h3-13H,1-2H3,(H,21,23). The molecule has 0 radical (unpaired) electrons. The van der Waals surface area contributed by atoms with Gasteiger partial charge < -0.3 is 4.57 Å². The van der Waals surface area contributed by atoms with E-state index in [9.17, 15) is 4.79 Å². The first-order chi connectivity index (χ1) is 11.2. The smallest absolute Gasteiger partial charge is 0.271 e. The normalized spacial score (nSPS) is 11.4. The fraction of sp³-hybridized carbons (Fsp3) is 0.167. The van der Waals surface area contributed by atoms with E-state index in [1.807, 2.05) is 12.1 Å². The molecule has 1 N–H and O–H groups in total. The molecule has 5 heteroatoms. The Morgan fingerprint density at radius 1 is 1.22 bits per heavy atom. The summed E-state index contributed by atoms with van der Waals surface area (Å²) in [4.78, 5) is 15.8. The molecule has 2 heterocycles. The average Bonchev–Trinajstić information content (AvgIpc) is 2.95. The number of aromatic nitrogens is 2. The summed E-state index contributed by atoms with van der Waals surface area (Å²) in [6, 6.07) is 11.8. The van der Waals surface area contributed by atoms with Crippen molar-refractivity contribution in [3.05, 3.63) is 66.1 Å². The van der Waals surface area contributed by atoms with E-state index in [4.69, 9.17) is 0 Å². The van der Waals surface area contributed by atoms with Crippen LogP contribution in [-0.4, -0.2) is 21.7 Å². The molecule has 0 atom stereocenters. The number of fused-ring (bicyclic) bond motifs is 1. The van der Waals surface area contributed by atoms with Gasteiger partial charge in [0.15, 0.2) is 0 Å². The predicted molar refractivity (Wildman–Crippen MR) is 91.6 cm³/mol. The monoisotopic (exact) mass is 306 g/mol. The second-order valence-electron chi connectivity index (χ2n) is 5.54. The number of carbonyl (C=O) groups is 1. The molecule has 0 saturated heterocycles. The molecule has 5 nitrogen and oxygen atoms in total. The molecule has 0 aliphatic rings. The van der Waals surface area contributed by atoms with E-state index in [0.717, 1.165) is 16.5 Å². The van der Waals surface area contributed by atoms with E-state index in [1.165, 1.54) is 0 Å². The molecule has 1 amide bonds. The van der Waals surface area contributed by atoms with E-state index < -0.39 is 0 Å². The molecule has 0 bridgehead atoms. The van der Waals surface area contributed by atoms with Crippen molar-refractivity contribution in [2.24, 2.45) is 5.10 Å². The minimum Gasteiger partial charge on any atom is -0.344 e. The number of hydrogen-bond donors (Lipinski definition) is 1. The Balaban J connectivity index is 1.83. The highest BCUT2D eigenvalue weighted by atomic mass is 16.2. The maximum Gasteiger partial charge on any atom is 0.271 e. The lowest BCUT2D eigenvalue weighted by molar-refractivity contribution is 0.0955. The molecule has 0 aliphatic heterocycles. The van der Waals surface area contributed by atoms with Crippen molar-refractivity contribution in [2.45, 2.75) is 19.9 Å². The highest BCUT2D eigenvalue weighted by Gasteiger charge is 2.08. The summed E-state index contributed by atoms with van der Waals surface area (Å²) in [7, 11) is 0. The van der Waals surface area contributed by atoms with Crippen LogP contribution in [-0.2, 0) is 0 Å². The van der Waals surface area contributed by atoms with E-state index >= 15 is 0 Å². The third-order valence-corrected chi connectivity index (χ3v) is 3.64. The SMILES string of the molecule is CC(C)n1cc(C=NNC(=O)c2ccncc2)c2ccccc21. The summed E-state index contributed by atoms with van der Waals surface area (Å²) in [6.07, 6.45) is 6.89. The quantitative estimate of drug-likeness (QED) is 0.593. The molecule has 1 aromatic carbocycles. The molecule has 116 valence electrons. The van der Waals surface area contributed by atoms with Gasteiger partial charge in [-0.2, -0.15) is 5.10 Å². The second-order valence-corrected chi connectivity index (χ2v) is 5.54. The summed E-state index contributed by atoms with van der Waals surface area (Å²) in [5, 5.41) is 5.20. The molecule has 3 aromatic rings. The number of hydrazone groups is 1. The predicted octanol–water partition coefficient (Wildman–Crippen LogP) is 3.38. The van der Waals surface area contributed by atoms with Gasteiger partial charge in [0.25, 0.3) is 5.91 Å². The molecular weight excluding hydrogens is 288 g/mol. The van der Waals surface area contributed by atoms with Crippen LogP contribution in [0.3, 0.4) is 0 Å². The highest BCUT2D eigenvalue weighted by Crippen LogP contribution is 2.23. The van der Waals surface area contributed by atoms with Crippen molar-refractivity contribution < 1.29 is 4.79 Å². The molecule has 0 aliphatic carbocycles. The van der Waals surface area contributed by atoms with Crippen molar-refractivity contribution in [2.75, 3.05) is 0 Å². The van der Waals surface area contributed by atoms with Crippen LogP contribution in [0.2, 0.25) is 0 Å². The van der Waals surface area contributed by atoms with Crippen molar-refractivity contribution >= 4 is 23.0 Å². The largest absolute Gasteiger partial charge is 0.344 e. The Kier molecular flexibility index (Phi) is 4.19.